The van der Waals surface area contributed by atoms with Crippen molar-refractivity contribution in [1.29, 1.82) is 0 Å². The summed E-state index contributed by atoms with van der Waals surface area (Å²) >= 11 is 0. The van der Waals surface area contributed by atoms with Gasteiger partial charge in [0.15, 0.2) is 0 Å². The number of hydrogen-bond donors (Lipinski definition) is 2. The van der Waals surface area contributed by atoms with Gasteiger partial charge in [-0.05, 0) is 39.8 Å². The minimum Gasteiger partial charge on any atom is -0.373 e. The molecule has 6 heteroatoms. The number of H-pyrrole nitrogens is 1. The van der Waals surface area contributed by atoms with Crippen LogP contribution in [0.2, 0.25) is 0 Å². The van der Waals surface area contributed by atoms with E-state index < -0.39 is 0 Å². The van der Waals surface area contributed by atoms with Gasteiger partial charge in [0.2, 0.25) is 5.91 Å². The number of ether oxygens (including phenoxy) is 1. The minimum atomic E-state index is -0.0959. The van der Waals surface area contributed by atoms with E-state index in [1.807, 2.05) is 24.3 Å². The van der Waals surface area contributed by atoms with E-state index in [1.54, 1.807) is 0 Å². The highest BCUT2D eigenvalue weighted by Gasteiger charge is 2.33. The lowest BCUT2D eigenvalue weighted by molar-refractivity contribution is -0.122. The Labute approximate surface area is 155 Å². The monoisotopic (exact) mass is 358 g/mol. The molecule has 0 spiro atoms. The molecule has 1 aliphatic heterocycles. The predicted octanol–water partition coefficient (Wildman–Crippen LogP) is 2.50. The number of aryl methyl sites for hydroxylation is 1. The van der Waals surface area contributed by atoms with Crippen molar-refractivity contribution in [3.63, 3.8) is 0 Å². The molecular weight excluding hydrogens is 328 g/mol. The molecule has 1 aromatic heterocycles. The molecule has 2 heterocycles. The third-order valence-electron chi connectivity index (χ3n) is 5.02. The van der Waals surface area contributed by atoms with Crippen molar-refractivity contribution in [1.82, 2.24) is 20.2 Å². The molecular formula is C20H30N4O2. The van der Waals surface area contributed by atoms with Crippen molar-refractivity contribution in [3.8, 4) is 0 Å². The van der Waals surface area contributed by atoms with E-state index in [-0.39, 0.29) is 23.7 Å². The van der Waals surface area contributed by atoms with Crippen LogP contribution < -0.4 is 5.32 Å². The van der Waals surface area contributed by atoms with Gasteiger partial charge in [-0.1, -0.05) is 12.1 Å². The highest BCUT2D eigenvalue weighted by atomic mass is 16.5. The standard InChI is InChI=1S/C20H30N4O2/c1-14-11-24(12-15(2)26-14)20(3,4)13-21-19(25)10-9-18-22-16-7-5-6-8-17(16)23-18/h5-8,14-15H,9-13H2,1-4H3,(H,21,25)(H,22,23). The number of imidazole rings is 1. The Morgan fingerprint density at radius 1 is 1.31 bits per heavy atom. The second-order valence-corrected chi connectivity index (χ2v) is 7.95. The lowest BCUT2D eigenvalue weighted by atomic mass is 10.00. The summed E-state index contributed by atoms with van der Waals surface area (Å²) < 4.78 is 5.81. The number of nitrogens with one attached hydrogen (secondary N) is 2. The summed E-state index contributed by atoms with van der Waals surface area (Å²) in [5.41, 5.74) is 1.86. The van der Waals surface area contributed by atoms with Crippen LogP contribution in [0.25, 0.3) is 11.0 Å². The minimum absolute atomic E-state index is 0.0629. The van der Waals surface area contributed by atoms with E-state index in [0.29, 0.717) is 19.4 Å². The van der Waals surface area contributed by atoms with E-state index in [4.69, 9.17) is 4.74 Å². The quantitative estimate of drug-likeness (QED) is 0.832. The van der Waals surface area contributed by atoms with Gasteiger partial charge in [0.25, 0.3) is 0 Å². The average Bonchev–Trinajstić information content (AvgIpc) is 3.00. The van der Waals surface area contributed by atoms with Crippen LogP contribution in [0.1, 0.15) is 39.9 Å². The molecule has 0 aliphatic carbocycles. The molecule has 2 atom stereocenters. The summed E-state index contributed by atoms with van der Waals surface area (Å²) in [7, 11) is 0. The summed E-state index contributed by atoms with van der Waals surface area (Å²) in [4.78, 5) is 22.5. The third-order valence-corrected chi connectivity index (χ3v) is 5.02. The highest BCUT2D eigenvalue weighted by Crippen LogP contribution is 2.20. The highest BCUT2D eigenvalue weighted by molar-refractivity contribution is 5.77. The van der Waals surface area contributed by atoms with Crippen molar-refractivity contribution < 1.29 is 9.53 Å². The molecule has 142 valence electrons. The van der Waals surface area contributed by atoms with Crippen LogP contribution in [0.4, 0.5) is 0 Å². The third kappa shape index (κ3) is 4.62. The molecule has 6 nitrogen and oxygen atoms in total. The molecule has 26 heavy (non-hydrogen) atoms. The first-order chi connectivity index (χ1) is 12.3. The molecule has 1 saturated heterocycles. The lowest BCUT2D eigenvalue weighted by Crippen LogP contribution is -2.58. The van der Waals surface area contributed by atoms with Crippen LogP contribution in [0.5, 0.6) is 0 Å². The topological polar surface area (TPSA) is 70.2 Å². The lowest BCUT2D eigenvalue weighted by Gasteiger charge is -2.45. The number of rotatable bonds is 6. The van der Waals surface area contributed by atoms with Gasteiger partial charge in [0.1, 0.15) is 5.82 Å². The molecule has 2 N–H and O–H groups in total. The SMILES string of the molecule is CC1CN(C(C)(C)CNC(=O)CCc2nc3ccccc3[nH]2)CC(C)O1. The van der Waals surface area contributed by atoms with E-state index in [2.05, 4.69) is 47.9 Å². The number of morpholine rings is 1. The number of aromatic nitrogens is 2. The van der Waals surface area contributed by atoms with E-state index in [9.17, 15) is 4.79 Å². The number of para-hydroxylation sites is 2. The summed E-state index contributed by atoms with van der Waals surface area (Å²) in [5.74, 6) is 0.921. The number of nitrogens with zero attached hydrogens (tertiary/aromatic N) is 2. The number of benzene rings is 1. The number of hydrogen-bond acceptors (Lipinski definition) is 4. The molecule has 0 radical (unpaired) electrons. The maximum absolute atomic E-state index is 12.3. The molecule has 1 amide bonds. The zero-order valence-electron chi connectivity index (χ0n) is 16.2. The van der Waals surface area contributed by atoms with E-state index in [0.717, 1.165) is 29.9 Å². The maximum Gasteiger partial charge on any atom is 0.220 e. The Kier molecular flexibility index (Phi) is 5.63. The molecule has 0 saturated carbocycles. The molecule has 1 aliphatic rings. The summed E-state index contributed by atoms with van der Waals surface area (Å²) in [5, 5.41) is 3.09. The van der Waals surface area contributed by atoms with Crippen molar-refractivity contribution in [3.05, 3.63) is 30.1 Å². The zero-order chi connectivity index (χ0) is 18.7. The van der Waals surface area contributed by atoms with Crippen LogP contribution in [0.15, 0.2) is 24.3 Å². The van der Waals surface area contributed by atoms with Gasteiger partial charge >= 0.3 is 0 Å². The molecule has 3 rings (SSSR count). The van der Waals surface area contributed by atoms with Gasteiger partial charge in [-0.25, -0.2) is 4.98 Å². The number of aromatic amines is 1. The van der Waals surface area contributed by atoms with Crippen molar-refractivity contribution >= 4 is 16.9 Å². The van der Waals surface area contributed by atoms with Crippen LogP contribution >= 0.6 is 0 Å². The normalized spacial score (nSPS) is 21.8. The summed E-state index contributed by atoms with van der Waals surface area (Å²) in [6, 6.07) is 7.92. The van der Waals surface area contributed by atoms with Crippen molar-refractivity contribution in [2.24, 2.45) is 0 Å². The fraction of sp³-hybridized carbons (Fsp3) is 0.600. The first-order valence-electron chi connectivity index (χ1n) is 9.44. The van der Waals surface area contributed by atoms with Gasteiger partial charge in [-0.2, -0.15) is 0 Å². The number of amides is 1. The van der Waals surface area contributed by atoms with Crippen molar-refractivity contribution in [2.45, 2.75) is 58.3 Å². The molecule has 1 aromatic carbocycles. The van der Waals surface area contributed by atoms with Gasteiger partial charge < -0.3 is 15.0 Å². The van der Waals surface area contributed by atoms with Crippen LogP contribution in [0, 0.1) is 0 Å². The molecule has 1 fully saturated rings. The van der Waals surface area contributed by atoms with Gasteiger partial charge in [0, 0.05) is 38.0 Å². The molecule has 0 bridgehead atoms. The number of carbonyl (C=O) groups is 1. The number of fused-ring (bicyclic) bond motifs is 1. The zero-order valence-corrected chi connectivity index (χ0v) is 16.2. The Morgan fingerprint density at radius 3 is 2.69 bits per heavy atom. The fourth-order valence-corrected chi connectivity index (χ4v) is 3.54. The Morgan fingerprint density at radius 2 is 2.00 bits per heavy atom. The molecule has 2 unspecified atom stereocenters. The van der Waals surface area contributed by atoms with Gasteiger partial charge in [0.05, 0.1) is 23.2 Å². The second kappa shape index (κ2) is 7.76. The first-order valence-corrected chi connectivity index (χ1v) is 9.44. The average molecular weight is 358 g/mol. The van der Waals surface area contributed by atoms with Crippen molar-refractivity contribution in [2.75, 3.05) is 19.6 Å². The predicted molar refractivity (Wildman–Crippen MR) is 103 cm³/mol. The second-order valence-electron chi connectivity index (χ2n) is 7.95. The fourth-order valence-electron chi connectivity index (χ4n) is 3.54. The first kappa shape index (κ1) is 18.9. The largest absolute Gasteiger partial charge is 0.373 e. The smallest absolute Gasteiger partial charge is 0.220 e. The summed E-state index contributed by atoms with van der Waals surface area (Å²) in [6.45, 7) is 11.0. The molecule has 2 aromatic rings. The summed E-state index contributed by atoms with van der Waals surface area (Å²) in [6.07, 6.45) is 1.50. The maximum atomic E-state index is 12.3. The van der Waals surface area contributed by atoms with Crippen LogP contribution in [-0.4, -0.2) is 58.2 Å². The Balaban J connectivity index is 1.48. The van der Waals surface area contributed by atoms with E-state index in [1.165, 1.54) is 0 Å². The Bertz CT molecular complexity index is 712. The van der Waals surface area contributed by atoms with E-state index >= 15 is 0 Å². The Hall–Kier alpha value is -1.92. The van der Waals surface area contributed by atoms with Gasteiger partial charge in [-0.15, -0.1) is 0 Å². The van der Waals surface area contributed by atoms with Crippen LogP contribution in [-0.2, 0) is 16.0 Å². The number of carbonyl (C=O) groups excluding carboxylic acids is 1. The van der Waals surface area contributed by atoms with Crippen LogP contribution in [0.3, 0.4) is 0 Å². The van der Waals surface area contributed by atoms with Gasteiger partial charge in [-0.3, -0.25) is 9.69 Å².